The van der Waals surface area contributed by atoms with Crippen molar-refractivity contribution in [2.24, 2.45) is 0 Å². The summed E-state index contributed by atoms with van der Waals surface area (Å²) in [5.74, 6) is -2.17. The molecule has 0 unspecified atom stereocenters. The molecule has 0 amide bonds. The molecule has 4 aromatic carbocycles. The SMILES string of the molecule is COc1cc(C(Cc2c([N+](=O)[O-])cc([N+](=O)[O-])cc2[N+](=O)[O-])Cc2c([N+](=O)[O-])cc([N+](=O)[O-])cc2[N+](=O)[O-])ccc1OS(=O)(=O)c1ccc(C)cc1. The van der Waals surface area contributed by atoms with Gasteiger partial charge in [-0.15, -0.1) is 0 Å². The highest BCUT2D eigenvalue weighted by atomic mass is 32.2. The highest BCUT2D eigenvalue weighted by Crippen LogP contribution is 2.43. The van der Waals surface area contributed by atoms with E-state index in [0.29, 0.717) is 24.3 Å². The van der Waals surface area contributed by atoms with Gasteiger partial charge in [0.25, 0.3) is 34.1 Å². The third-order valence-corrected chi connectivity index (χ3v) is 8.90. The maximum atomic E-state index is 13.0. The third kappa shape index (κ3) is 7.99. The number of methoxy groups -OCH3 is 1. The zero-order valence-corrected chi connectivity index (χ0v) is 27.3. The summed E-state index contributed by atoms with van der Waals surface area (Å²) in [6, 6.07) is 10.7. The van der Waals surface area contributed by atoms with E-state index in [1.165, 1.54) is 24.3 Å². The second kappa shape index (κ2) is 14.8. The highest BCUT2D eigenvalue weighted by Gasteiger charge is 2.36. The van der Waals surface area contributed by atoms with Gasteiger partial charge in [0.1, 0.15) is 16.0 Å². The van der Waals surface area contributed by atoms with Crippen molar-refractivity contribution in [3.05, 3.63) is 150 Å². The predicted octanol–water partition coefficient (Wildman–Crippen LogP) is 5.79. The minimum atomic E-state index is -4.47. The Hall–Kier alpha value is -7.17. The van der Waals surface area contributed by atoms with E-state index in [4.69, 9.17) is 8.92 Å². The molecule has 4 rings (SSSR count). The van der Waals surface area contributed by atoms with Crippen LogP contribution in [0.4, 0.5) is 34.1 Å². The first-order valence-electron chi connectivity index (χ1n) is 14.2. The van der Waals surface area contributed by atoms with E-state index >= 15 is 0 Å². The summed E-state index contributed by atoms with van der Waals surface area (Å²) >= 11 is 0. The number of nitro groups is 6. The van der Waals surface area contributed by atoms with Crippen molar-refractivity contribution in [3.8, 4) is 11.5 Å². The number of aryl methyl sites for hydroxylation is 1. The Morgan fingerprint density at radius 3 is 1.33 bits per heavy atom. The van der Waals surface area contributed by atoms with Crippen LogP contribution in [0.1, 0.15) is 28.2 Å². The van der Waals surface area contributed by atoms with Crippen LogP contribution in [0.2, 0.25) is 0 Å². The van der Waals surface area contributed by atoms with E-state index in [2.05, 4.69) is 0 Å². The first-order valence-corrected chi connectivity index (χ1v) is 15.6. The Balaban J connectivity index is 1.98. The van der Waals surface area contributed by atoms with Gasteiger partial charge in [0.05, 0.1) is 60.9 Å². The van der Waals surface area contributed by atoms with Crippen LogP contribution in [0.25, 0.3) is 0 Å². The number of nitrogens with zero attached hydrogens (tertiary/aromatic N) is 6. The molecule has 0 aliphatic carbocycles. The van der Waals surface area contributed by atoms with Crippen molar-refractivity contribution in [1.82, 2.24) is 0 Å². The molecule has 22 nitrogen and oxygen atoms in total. The van der Waals surface area contributed by atoms with Crippen LogP contribution in [-0.4, -0.2) is 45.1 Å². The van der Waals surface area contributed by atoms with Crippen LogP contribution in [0.5, 0.6) is 11.5 Å². The molecular weight excluding hydrogens is 720 g/mol. The number of ether oxygens (including phenoxy) is 1. The molecule has 270 valence electrons. The largest absolute Gasteiger partial charge is 0.493 e. The van der Waals surface area contributed by atoms with Gasteiger partial charge < -0.3 is 8.92 Å². The minimum Gasteiger partial charge on any atom is -0.493 e. The molecular formula is C29H22N6O16S. The number of rotatable bonds is 15. The predicted molar refractivity (Wildman–Crippen MR) is 175 cm³/mol. The van der Waals surface area contributed by atoms with E-state index in [-0.39, 0.29) is 16.2 Å². The molecule has 4 aromatic rings. The van der Waals surface area contributed by atoms with Gasteiger partial charge in [0.15, 0.2) is 11.5 Å². The average molecular weight is 743 g/mol. The van der Waals surface area contributed by atoms with Gasteiger partial charge in [0.2, 0.25) is 0 Å². The summed E-state index contributed by atoms with van der Waals surface area (Å²) in [5.41, 5.74) is -7.20. The molecule has 0 N–H and O–H groups in total. The zero-order chi connectivity index (χ0) is 38.7. The second-order valence-electron chi connectivity index (χ2n) is 10.8. The number of benzene rings is 4. The Morgan fingerprint density at radius 2 is 0.981 bits per heavy atom. The van der Waals surface area contributed by atoms with Gasteiger partial charge in [-0.25, -0.2) is 0 Å². The Kier molecular flexibility index (Phi) is 10.7. The van der Waals surface area contributed by atoms with E-state index in [1.807, 2.05) is 0 Å². The second-order valence-corrected chi connectivity index (χ2v) is 12.4. The smallest absolute Gasteiger partial charge is 0.339 e. The first-order chi connectivity index (χ1) is 24.3. The molecule has 0 bridgehead atoms. The molecule has 0 saturated heterocycles. The molecule has 0 radical (unpaired) electrons. The molecule has 0 heterocycles. The monoisotopic (exact) mass is 742 g/mol. The van der Waals surface area contributed by atoms with Crippen molar-refractivity contribution < 1.29 is 46.9 Å². The molecule has 23 heteroatoms. The van der Waals surface area contributed by atoms with Crippen LogP contribution < -0.4 is 8.92 Å². The summed E-state index contributed by atoms with van der Waals surface area (Å²) in [4.78, 5) is 64.2. The van der Waals surface area contributed by atoms with Crippen LogP contribution in [0, 0.1) is 67.6 Å². The number of hydrogen-bond acceptors (Lipinski definition) is 16. The zero-order valence-electron chi connectivity index (χ0n) is 26.5. The van der Waals surface area contributed by atoms with Crippen LogP contribution >= 0.6 is 0 Å². The maximum absolute atomic E-state index is 13.0. The fraction of sp³-hybridized carbons (Fsp3) is 0.172. The number of non-ortho nitro benzene ring substituents is 2. The summed E-state index contributed by atoms with van der Waals surface area (Å²) in [5, 5.41) is 71.2. The quantitative estimate of drug-likeness (QED) is 0.0790. The minimum absolute atomic E-state index is 0.0548. The van der Waals surface area contributed by atoms with Gasteiger partial charge in [-0.1, -0.05) is 23.8 Å². The topological polar surface area (TPSA) is 311 Å². The van der Waals surface area contributed by atoms with E-state index in [9.17, 15) is 69.1 Å². The molecule has 0 fully saturated rings. The summed E-state index contributed by atoms with van der Waals surface area (Å²) in [6.45, 7) is 1.72. The summed E-state index contributed by atoms with van der Waals surface area (Å²) < 4.78 is 36.6. The van der Waals surface area contributed by atoms with Crippen LogP contribution in [0.3, 0.4) is 0 Å². The molecule has 0 atom stereocenters. The lowest BCUT2D eigenvalue weighted by Crippen LogP contribution is -2.14. The lowest BCUT2D eigenvalue weighted by molar-refractivity contribution is -0.404. The summed E-state index contributed by atoms with van der Waals surface area (Å²) in [6.07, 6.45) is -1.66. The number of hydrogen-bond donors (Lipinski definition) is 0. The lowest BCUT2D eigenvalue weighted by atomic mass is 9.84. The van der Waals surface area contributed by atoms with E-state index < -0.39 is 109 Å². The van der Waals surface area contributed by atoms with Crippen molar-refractivity contribution in [3.63, 3.8) is 0 Å². The average Bonchev–Trinajstić information content (AvgIpc) is 3.07. The molecule has 0 aliphatic heterocycles. The lowest BCUT2D eigenvalue weighted by Gasteiger charge is -2.20. The Morgan fingerprint density at radius 1 is 0.577 bits per heavy atom. The fourth-order valence-corrected chi connectivity index (χ4v) is 6.15. The van der Waals surface area contributed by atoms with E-state index in [0.717, 1.165) is 30.9 Å². The first kappa shape index (κ1) is 37.6. The van der Waals surface area contributed by atoms with Crippen molar-refractivity contribution in [1.29, 1.82) is 0 Å². The van der Waals surface area contributed by atoms with Crippen molar-refractivity contribution in [2.45, 2.75) is 30.6 Å². The van der Waals surface area contributed by atoms with Crippen LogP contribution in [0.15, 0.2) is 71.6 Å². The molecule has 0 aromatic heterocycles. The van der Waals surface area contributed by atoms with Crippen LogP contribution in [-0.2, 0) is 23.0 Å². The van der Waals surface area contributed by atoms with Gasteiger partial charge in [-0.2, -0.15) is 8.42 Å². The normalized spacial score (nSPS) is 11.1. The Bertz CT molecular complexity index is 2110. The molecule has 52 heavy (non-hydrogen) atoms. The number of nitro benzene ring substituents is 6. The molecule has 0 spiro atoms. The molecule has 0 aliphatic rings. The third-order valence-electron chi connectivity index (χ3n) is 7.65. The van der Waals surface area contributed by atoms with Gasteiger partial charge in [0, 0.05) is 0 Å². The van der Waals surface area contributed by atoms with E-state index in [1.54, 1.807) is 6.92 Å². The summed E-state index contributed by atoms with van der Waals surface area (Å²) in [7, 11) is -3.37. The molecule has 0 saturated carbocycles. The fourth-order valence-electron chi connectivity index (χ4n) is 5.21. The van der Waals surface area contributed by atoms with Gasteiger partial charge >= 0.3 is 10.1 Å². The van der Waals surface area contributed by atoms with Gasteiger partial charge in [-0.05, 0) is 55.5 Å². The Labute approximate surface area is 289 Å². The standard InChI is InChI=1S/C29H22N6O16S/c1-16-3-6-21(7-4-16)52(48,49)51-28-8-5-17(11-29(28)50-2)18(9-22-24(32(40)41)12-19(30(36)37)13-25(22)33(42)43)10-23-26(34(44)45)14-20(31(38)39)15-27(23)35(46)47/h3-8,11-15,18H,9-10H2,1-2H3. The van der Waals surface area contributed by atoms with Crippen molar-refractivity contribution >= 4 is 44.2 Å². The van der Waals surface area contributed by atoms with Crippen molar-refractivity contribution in [2.75, 3.05) is 7.11 Å². The van der Waals surface area contributed by atoms with Gasteiger partial charge in [-0.3, -0.25) is 60.7 Å². The highest BCUT2D eigenvalue weighted by molar-refractivity contribution is 7.87. The maximum Gasteiger partial charge on any atom is 0.339 e.